The van der Waals surface area contributed by atoms with E-state index in [2.05, 4.69) is 0 Å². The van der Waals surface area contributed by atoms with Gasteiger partial charge in [-0.3, -0.25) is 0 Å². The first kappa shape index (κ1) is 13.0. The number of halogens is 1. The van der Waals surface area contributed by atoms with Crippen molar-refractivity contribution in [1.29, 1.82) is 0 Å². The highest BCUT2D eigenvalue weighted by Crippen LogP contribution is 2.13. The molecular weight excluding hydrogens is 172 g/mol. The smallest absolute Gasteiger partial charge is 0.212 e. The van der Waals surface area contributed by atoms with Gasteiger partial charge in [-0.2, -0.15) is 4.18 Å². The maximum atomic E-state index is 11.0. The molecule has 0 spiro atoms. The van der Waals surface area contributed by atoms with Crippen LogP contribution in [0.3, 0.4) is 0 Å². The minimum atomic E-state index is -2.03. The fourth-order valence-corrected chi connectivity index (χ4v) is 1.81. The third kappa shape index (κ3) is 11.2. The molecule has 0 fully saturated rings. The predicted octanol–water partition coefficient (Wildman–Crippen LogP) is -1.52. The molecule has 0 aromatic heterocycles. The molecule has 2 nitrogen and oxygen atoms in total. The van der Waals surface area contributed by atoms with E-state index in [1.165, 1.54) is 0 Å². The van der Waals surface area contributed by atoms with Gasteiger partial charge in [0.15, 0.2) is 0 Å². The highest BCUT2D eigenvalue weighted by Gasteiger charge is 2.24. The van der Waals surface area contributed by atoms with E-state index in [4.69, 9.17) is 4.18 Å². The molecule has 0 rings (SSSR count). The van der Waals surface area contributed by atoms with Crippen LogP contribution in [0.25, 0.3) is 0 Å². The lowest BCUT2D eigenvalue weighted by Gasteiger charge is -2.15. The standard InChI is InChI=1S/C6H15O2S.ClH/c1-6(2,3)8-9(4,5)7;/h1-5H3;1H/q+1;/p-1. The molecule has 4 heteroatoms. The first-order valence-electron chi connectivity index (χ1n) is 2.85. The predicted molar refractivity (Wildman–Crippen MR) is 40.7 cm³/mol. The van der Waals surface area contributed by atoms with Gasteiger partial charge in [0.1, 0.15) is 18.1 Å². The monoisotopic (exact) mass is 186 g/mol. The van der Waals surface area contributed by atoms with Crippen LogP contribution in [-0.4, -0.2) is 18.1 Å². The summed E-state index contributed by atoms with van der Waals surface area (Å²) in [6, 6.07) is 0. The van der Waals surface area contributed by atoms with Gasteiger partial charge in [0.2, 0.25) is 10.2 Å². The van der Waals surface area contributed by atoms with Crippen LogP contribution in [-0.2, 0) is 18.6 Å². The average molecular weight is 187 g/mol. The maximum absolute atomic E-state index is 11.0. The Morgan fingerprint density at radius 1 is 1.20 bits per heavy atom. The van der Waals surface area contributed by atoms with E-state index in [1.807, 2.05) is 20.8 Å². The van der Waals surface area contributed by atoms with E-state index in [9.17, 15) is 4.21 Å². The summed E-state index contributed by atoms with van der Waals surface area (Å²) in [5.41, 5.74) is -0.291. The van der Waals surface area contributed by atoms with Crippen molar-refractivity contribution in [2.45, 2.75) is 26.4 Å². The van der Waals surface area contributed by atoms with Crippen molar-refractivity contribution in [3.05, 3.63) is 0 Å². The van der Waals surface area contributed by atoms with Crippen LogP contribution < -0.4 is 12.4 Å². The Morgan fingerprint density at radius 2 is 1.50 bits per heavy atom. The molecular formula is C6H15ClO2S. The van der Waals surface area contributed by atoms with Crippen molar-refractivity contribution in [3.63, 3.8) is 0 Å². The van der Waals surface area contributed by atoms with Gasteiger partial charge in [-0.25, -0.2) is 0 Å². The van der Waals surface area contributed by atoms with E-state index in [-0.39, 0.29) is 18.0 Å². The average Bonchev–Trinajstić information content (AvgIpc) is 1.14. The lowest BCUT2D eigenvalue weighted by molar-refractivity contribution is -0.00000939. The van der Waals surface area contributed by atoms with E-state index >= 15 is 0 Å². The summed E-state index contributed by atoms with van der Waals surface area (Å²) in [4.78, 5) is 0. The zero-order chi connectivity index (χ0) is 7.71. The zero-order valence-electron chi connectivity index (χ0n) is 7.10. The molecule has 64 valence electrons. The Bertz CT molecular complexity index is 133. The second kappa shape index (κ2) is 3.69. The molecule has 0 aliphatic carbocycles. The molecule has 0 saturated carbocycles. The van der Waals surface area contributed by atoms with Gasteiger partial charge in [-0.05, 0) is 20.8 Å². The molecule has 0 aromatic rings. The first-order valence-corrected chi connectivity index (χ1v) is 5.15. The molecule has 0 atom stereocenters. The van der Waals surface area contributed by atoms with Crippen molar-refractivity contribution in [1.82, 2.24) is 0 Å². The van der Waals surface area contributed by atoms with Gasteiger partial charge in [-0.1, -0.05) is 4.21 Å². The Morgan fingerprint density at radius 3 is 1.50 bits per heavy atom. The molecule has 0 heterocycles. The summed E-state index contributed by atoms with van der Waals surface area (Å²) in [5.74, 6) is 0. The lowest BCUT2D eigenvalue weighted by Crippen LogP contribution is -3.00. The van der Waals surface area contributed by atoms with Crippen LogP contribution in [0.2, 0.25) is 0 Å². The van der Waals surface area contributed by atoms with Crippen molar-refractivity contribution in [3.8, 4) is 0 Å². The number of hydrogen-bond donors (Lipinski definition) is 0. The Labute approximate surface area is 70.4 Å². The summed E-state index contributed by atoms with van der Waals surface area (Å²) < 4.78 is 16.1. The van der Waals surface area contributed by atoms with Gasteiger partial charge in [0.25, 0.3) is 0 Å². The third-order valence-corrected chi connectivity index (χ3v) is 1.35. The molecule has 0 radical (unpaired) electrons. The normalized spacial score (nSPS) is 12.5. The van der Waals surface area contributed by atoms with Crippen LogP contribution >= 0.6 is 0 Å². The Kier molecular flexibility index (Phi) is 4.81. The fourth-order valence-electron chi connectivity index (χ4n) is 0.602. The second-order valence-electron chi connectivity index (χ2n) is 3.34. The summed E-state index contributed by atoms with van der Waals surface area (Å²) in [6.45, 7) is 5.67. The summed E-state index contributed by atoms with van der Waals surface area (Å²) in [5, 5.41) is 0. The van der Waals surface area contributed by atoms with Crippen LogP contribution in [0.15, 0.2) is 0 Å². The maximum Gasteiger partial charge on any atom is 0.212 e. The largest absolute Gasteiger partial charge is 1.00 e. The van der Waals surface area contributed by atoms with E-state index in [0.29, 0.717) is 0 Å². The van der Waals surface area contributed by atoms with Crippen LogP contribution in [0.5, 0.6) is 0 Å². The minimum Gasteiger partial charge on any atom is -1.00 e. The van der Waals surface area contributed by atoms with E-state index < -0.39 is 10.2 Å². The molecule has 0 bridgehead atoms. The van der Waals surface area contributed by atoms with Gasteiger partial charge in [0.05, 0.1) is 0 Å². The second-order valence-corrected chi connectivity index (χ2v) is 5.79. The highest BCUT2D eigenvalue weighted by molar-refractivity contribution is 7.97. The van der Waals surface area contributed by atoms with Crippen LogP contribution in [0.4, 0.5) is 0 Å². The molecule has 0 N–H and O–H groups in total. The van der Waals surface area contributed by atoms with Crippen molar-refractivity contribution in [2.75, 3.05) is 12.5 Å². The molecule has 0 aromatic carbocycles. The van der Waals surface area contributed by atoms with Crippen molar-refractivity contribution in [2.24, 2.45) is 0 Å². The molecule has 0 aliphatic rings. The molecule has 0 unspecified atom stereocenters. The van der Waals surface area contributed by atoms with E-state index in [1.54, 1.807) is 12.5 Å². The van der Waals surface area contributed by atoms with E-state index in [0.717, 1.165) is 0 Å². The third-order valence-electron chi connectivity index (χ3n) is 0.451. The molecule has 0 saturated heterocycles. The first-order chi connectivity index (χ1) is 3.71. The van der Waals surface area contributed by atoms with Gasteiger partial charge >= 0.3 is 0 Å². The highest BCUT2D eigenvalue weighted by atomic mass is 35.5. The van der Waals surface area contributed by atoms with Crippen molar-refractivity contribution < 1.29 is 20.8 Å². The fraction of sp³-hybridized carbons (Fsp3) is 1.00. The molecule has 0 amide bonds. The Balaban J connectivity index is 0. The van der Waals surface area contributed by atoms with Crippen LogP contribution in [0, 0.1) is 0 Å². The molecule has 10 heavy (non-hydrogen) atoms. The summed E-state index contributed by atoms with van der Waals surface area (Å²) in [7, 11) is -2.03. The quantitative estimate of drug-likeness (QED) is 0.465. The van der Waals surface area contributed by atoms with Gasteiger partial charge in [0, 0.05) is 0 Å². The summed E-state index contributed by atoms with van der Waals surface area (Å²) in [6.07, 6.45) is 3.19. The molecule has 0 aliphatic heterocycles. The van der Waals surface area contributed by atoms with Crippen LogP contribution in [0.1, 0.15) is 20.8 Å². The van der Waals surface area contributed by atoms with Gasteiger partial charge in [-0.15, -0.1) is 0 Å². The minimum absolute atomic E-state index is 0. The number of hydrogen-bond acceptors (Lipinski definition) is 2. The zero-order valence-corrected chi connectivity index (χ0v) is 8.68. The van der Waals surface area contributed by atoms with Crippen molar-refractivity contribution >= 4 is 10.2 Å². The topological polar surface area (TPSA) is 26.3 Å². The Hall–Kier alpha value is 0.400. The lowest BCUT2D eigenvalue weighted by atomic mass is 10.2. The summed E-state index contributed by atoms with van der Waals surface area (Å²) >= 11 is 0. The SMILES string of the molecule is CC(C)(C)O[S+](C)(C)=O.[Cl-]. The van der Waals surface area contributed by atoms with Gasteiger partial charge < -0.3 is 12.4 Å². The number of rotatable bonds is 1.